The Bertz CT molecular complexity index is 602. The molecule has 4 nitrogen and oxygen atoms in total. The summed E-state index contributed by atoms with van der Waals surface area (Å²) in [6.45, 7) is 2.97. The fraction of sp³-hybridized carbons (Fsp3) is 0.200. The number of aromatic nitrogens is 1. The topological polar surface area (TPSA) is 53.4 Å². The smallest absolute Gasteiger partial charge is 0.254 e. The average Bonchev–Trinajstić information content (AvgIpc) is 2.48. The highest BCUT2D eigenvalue weighted by atomic mass is 127. The summed E-state index contributed by atoms with van der Waals surface area (Å²) >= 11 is 2.02. The Balaban J connectivity index is 2.18. The number of halogens is 1. The minimum Gasteiger partial charge on any atom is -0.507 e. The first-order valence-electron chi connectivity index (χ1n) is 6.29. The fourth-order valence-electron chi connectivity index (χ4n) is 1.84. The molecular formula is C15H15IN2O2. The van der Waals surface area contributed by atoms with E-state index < -0.39 is 0 Å². The van der Waals surface area contributed by atoms with Crippen LogP contribution in [0.1, 0.15) is 23.0 Å². The molecule has 0 bridgehead atoms. The van der Waals surface area contributed by atoms with Gasteiger partial charge in [-0.25, -0.2) is 0 Å². The molecule has 2 aromatic rings. The normalized spacial score (nSPS) is 10.3. The fourth-order valence-corrected chi connectivity index (χ4v) is 2.18. The molecule has 0 spiro atoms. The van der Waals surface area contributed by atoms with Gasteiger partial charge in [0.1, 0.15) is 5.75 Å². The number of amides is 1. The highest BCUT2D eigenvalue weighted by Crippen LogP contribution is 2.21. The van der Waals surface area contributed by atoms with Crippen molar-refractivity contribution in [3.05, 3.63) is 57.4 Å². The molecule has 1 aromatic carbocycles. The molecule has 1 N–H and O–H groups in total. The Morgan fingerprint density at radius 2 is 2.15 bits per heavy atom. The molecule has 20 heavy (non-hydrogen) atoms. The van der Waals surface area contributed by atoms with Crippen LogP contribution in [0.5, 0.6) is 5.75 Å². The first-order valence-corrected chi connectivity index (χ1v) is 7.37. The molecule has 0 atom stereocenters. The number of aromatic hydroxyl groups is 1. The first-order chi connectivity index (χ1) is 9.61. The van der Waals surface area contributed by atoms with Gasteiger partial charge in [-0.3, -0.25) is 9.78 Å². The predicted octanol–water partition coefficient (Wildman–Crippen LogP) is 3.05. The van der Waals surface area contributed by atoms with Gasteiger partial charge in [0.15, 0.2) is 0 Å². The second kappa shape index (κ2) is 6.69. The number of phenolic OH excluding ortho intramolecular Hbond substituents is 1. The van der Waals surface area contributed by atoms with E-state index in [9.17, 15) is 9.90 Å². The van der Waals surface area contributed by atoms with Gasteiger partial charge in [-0.1, -0.05) is 6.07 Å². The van der Waals surface area contributed by atoms with Crippen LogP contribution in [0.25, 0.3) is 0 Å². The van der Waals surface area contributed by atoms with Crippen LogP contribution in [0.4, 0.5) is 0 Å². The molecule has 0 fully saturated rings. The number of carbonyl (C=O) groups excluding carboxylic acids is 1. The summed E-state index contributed by atoms with van der Waals surface area (Å²) in [5.41, 5.74) is 1.33. The lowest BCUT2D eigenvalue weighted by Crippen LogP contribution is -2.30. The van der Waals surface area contributed by atoms with Crippen LogP contribution in [0, 0.1) is 3.57 Å². The third-order valence-corrected chi connectivity index (χ3v) is 3.85. The van der Waals surface area contributed by atoms with Gasteiger partial charge in [0.2, 0.25) is 0 Å². The van der Waals surface area contributed by atoms with E-state index in [-0.39, 0.29) is 11.7 Å². The first kappa shape index (κ1) is 14.8. The lowest BCUT2D eigenvalue weighted by Gasteiger charge is -2.20. The van der Waals surface area contributed by atoms with Gasteiger partial charge in [0.25, 0.3) is 5.91 Å². The van der Waals surface area contributed by atoms with Crippen LogP contribution >= 0.6 is 22.6 Å². The van der Waals surface area contributed by atoms with Crippen molar-refractivity contribution >= 4 is 28.5 Å². The summed E-state index contributed by atoms with van der Waals surface area (Å²) in [7, 11) is 0. The molecule has 0 aliphatic rings. The summed E-state index contributed by atoms with van der Waals surface area (Å²) in [6.07, 6.45) is 1.71. The number of nitrogens with zero attached hydrogens (tertiary/aromatic N) is 2. The monoisotopic (exact) mass is 382 g/mol. The quantitative estimate of drug-likeness (QED) is 0.828. The summed E-state index contributed by atoms with van der Waals surface area (Å²) in [5.74, 6) is 0.0233. The zero-order valence-electron chi connectivity index (χ0n) is 11.1. The van der Waals surface area contributed by atoms with Crippen LogP contribution in [0.2, 0.25) is 0 Å². The second-order valence-electron chi connectivity index (χ2n) is 4.31. The summed E-state index contributed by atoms with van der Waals surface area (Å²) in [5, 5.41) is 9.70. The summed E-state index contributed by atoms with van der Waals surface area (Å²) in [4.78, 5) is 18.4. The van der Waals surface area contributed by atoms with Gasteiger partial charge < -0.3 is 10.0 Å². The van der Waals surface area contributed by atoms with Crippen LogP contribution in [-0.4, -0.2) is 27.4 Å². The second-order valence-corrected chi connectivity index (χ2v) is 5.47. The summed E-state index contributed by atoms with van der Waals surface area (Å²) < 4.78 is 0.729. The molecule has 0 saturated heterocycles. The van der Waals surface area contributed by atoms with Crippen molar-refractivity contribution in [1.82, 2.24) is 9.88 Å². The van der Waals surface area contributed by atoms with Crippen LogP contribution in [-0.2, 0) is 6.54 Å². The molecular weight excluding hydrogens is 367 g/mol. The Kier molecular flexibility index (Phi) is 4.94. The zero-order valence-corrected chi connectivity index (χ0v) is 13.2. The van der Waals surface area contributed by atoms with E-state index in [1.807, 2.05) is 47.7 Å². The third kappa shape index (κ3) is 3.47. The number of carbonyl (C=O) groups is 1. The predicted molar refractivity (Wildman–Crippen MR) is 85.5 cm³/mol. The molecule has 1 amide bonds. The Hall–Kier alpha value is -1.63. The Labute approximate surface area is 131 Å². The van der Waals surface area contributed by atoms with Gasteiger partial charge in [-0.05, 0) is 59.8 Å². The Morgan fingerprint density at radius 3 is 2.75 bits per heavy atom. The number of rotatable bonds is 4. The van der Waals surface area contributed by atoms with Crippen LogP contribution in [0.15, 0.2) is 42.6 Å². The van der Waals surface area contributed by atoms with E-state index in [1.165, 1.54) is 6.07 Å². The van der Waals surface area contributed by atoms with Crippen molar-refractivity contribution in [2.24, 2.45) is 0 Å². The van der Waals surface area contributed by atoms with E-state index in [4.69, 9.17) is 0 Å². The highest BCUT2D eigenvalue weighted by molar-refractivity contribution is 14.1. The minimum atomic E-state index is -0.107. The van der Waals surface area contributed by atoms with Crippen molar-refractivity contribution in [1.29, 1.82) is 0 Å². The van der Waals surface area contributed by atoms with Crippen molar-refractivity contribution in [2.75, 3.05) is 6.54 Å². The van der Waals surface area contributed by atoms with E-state index in [2.05, 4.69) is 4.98 Å². The molecule has 2 rings (SSSR count). The van der Waals surface area contributed by atoms with E-state index >= 15 is 0 Å². The molecule has 1 aromatic heterocycles. The molecule has 0 aliphatic heterocycles. The number of hydrogen-bond acceptors (Lipinski definition) is 3. The molecule has 0 aliphatic carbocycles. The average molecular weight is 382 g/mol. The number of benzene rings is 1. The largest absolute Gasteiger partial charge is 0.507 e. The maximum atomic E-state index is 12.4. The number of hydrogen-bond donors (Lipinski definition) is 1. The Morgan fingerprint density at radius 1 is 1.35 bits per heavy atom. The van der Waals surface area contributed by atoms with Gasteiger partial charge >= 0.3 is 0 Å². The molecule has 5 heteroatoms. The van der Waals surface area contributed by atoms with E-state index in [0.717, 1.165) is 9.26 Å². The molecule has 0 radical (unpaired) electrons. The number of phenols is 1. The van der Waals surface area contributed by atoms with Crippen molar-refractivity contribution < 1.29 is 9.90 Å². The van der Waals surface area contributed by atoms with Gasteiger partial charge in [0, 0.05) is 18.3 Å². The maximum Gasteiger partial charge on any atom is 0.254 e. The van der Waals surface area contributed by atoms with Gasteiger partial charge in [-0.15, -0.1) is 0 Å². The summed E-state index contributed by atoms with van der Waals surface area (Å²) in [6, 6.07) is 10.6. The maximum absolute atomic E-state index is 12.4. The van der Waals surface area contributed by atoms with E-state index in [0.29, 0.717) is 18.7 Å². The molecule has 1 heterocycles. The lowest BCUT2D eigenvalue weighted by molar-refractivity contribution is 0.0750. The van der Waals surface area contributed by atoms with Crippen molar-refractivity contribution in [3.63, 3.8) is 0 Å². The van der Waals surface area contributed by atoms with Gasteiger partial charge in [0.05, 0.1) is 15.8 Å². The van der Waals surface area contributed by atoms with Crippen LogP contribution < -0.4 is 0 Å². The van der Waals surface area contributed by atoms with E-state index in [1.54, 1.807) is 23.2 Å². The third-order valence-electron chi connectivity index (χ3n) is 2.94. The minimum absolute atomic E-state index is 0.107. The zero-order chi connectivity index (χ0) is 14.5. The molecule has 0 saturated carbocycles. The highest BCUT2D eigenvalue weighted by Gasteiger charge is 2.16. The van der Waals surface area contributed by atoms with Crippen LogP contribution in [0.3, 0.4) is 0 Å². The standard InChI is InChI=1S/C15H15IN2O2/c1-2-18(10-12-5-3-4-8-17-12)15(20)11-6-7-13(16)14(19)9-11/h3-9,19H,2,10H2,1H3. The lowest BCUT2D eigenvalue weighted by atomic mass is 10.2. The molecule has 0 unspecified atom stereocenters. The van der Waals surface area contributed by atoms with Crippen molar-refractivity contribution in [2.45, 2.75) is 13.5 Å². The number of pyridine rings is 1. The molecule has 104 valence electrons. The SMILES string of the molecule is CCN(Cc1ccccn1)C(=O)c1ccc(I)c(O)c1. The van der Waals surface area contributed by atoms with Gasteiger partial charge in [-0.2, -0.15) is 0 Å². The van der Waals surface area contributed by atoms with Crippen molar-refractivity contribution in [3.8, 4) is 5.75 Å².